The number of aliphatic hydroxyl groups is 4. The first-order valence-corrected chi connectivity index (χ1v) is 12.1. The van der Waals surface area contributed by atoms with Gasteiger partial charge in [0.25, 0.3) is 0 Å². The Hall–Kier alpha value is -2.78. The molecule has 3 saturated carbocycles. The molecule has 8 heteroatoms. The fourth-order valence-electron chi connectivity index (χ4n) is 7.94. The van der Waals surface area contributed by atoms with Crippen LogP contribution in [0.25, 0.3) is 0 Å². The molecule has 1 unspecified atom stereocenters. The van der Waals surface area contributed by atoms with Crippen LogP contribution in [0.3, 0.4) is 0 Å². The molecule has 3 aliphatic carbocycles. The van der Waals surface area contributed by atoms with Crippen molar-refractivity contribution in [3.8, 4) is 0 Å². The highest BCUT2D eigenvalue weighted by molar-refractivity contribution is 6.13. The molecule has 0 aromatic heterocycles. The summed E-state index contributed by atoms with van der Waals surface area (Å²) >= 11 is 0. The predicted molar refractivity (Wildman–Crippen MR) is 129 cm³/mol. The molecule has 36 heavy (non-hydrogen) atoms. The normalized spacial score (nSPS) is 51.8. The number of allylic oxidation sites excluding steroid dienone is 8. The van der Waals surface area contributed by atoms with Gasteiger partial charge in [0.15, 0.2) is 11.6 Å². The largest absolute Gasteiger partial charge is 0.508 e. The molecule has 2 saturated heterocycles. The summed E-state index contributed by atoms with van der Waals surface area (Å²) in [5.41, 5.74) is -7.52. The number of carbonyl (C=O) groups is 2. The van der Waals surface area contributed by atoms with Crippen molar-refractivity contribution in [1.29, 1.82) is 0 Å². The zero-order valence-corrected chi connectivity index (χ0v) is 21.2. The fourth-order valence-corrected chi connectivity index (χ4v) is 7.94. The van der Waals surface area contributed by atoms with E-state index in [1.54, 1.807) is 50.3 Å². The third-order valence-electron chi connectivity index (χ3n) is 9.41. The molecule has 5 fully saturated rings. The number of rotatable bonds is 4. The number of aliphatic hydroxyl groups excluding tert-OH is 2. The third kappa shape index (κ3) is 2.15. The number of carbonyl (C=O) groups excluding carboxylic acids is 2. The van der Waals surface area contributed by atoms with Gasteiger partial charge in [-0.05, 0) is 53.7 Å². The van der Waals surface area contributed by atoms with Crippen LogP contribution in [0.5, 0.6) is 0 Å². The van der Waals surface area contributed by atoms with Gasteiger partial charge in [-0.3, -0.25) is 9.59 Å². The molecule has 192 valence electrons. The van der Waals surface area contributed by atoms with Gasteiger partial charge in [0.2, 0.25) is 11.6 Å². The van der Waals surface area contributed by atoms with E-state index in [4.69, 9.17) is 9.47 Å². The number of Topliss-reactive ketones (excluding diaryl/α,β-unsaturated/α-hetero) is 2. The van der Waals surface area contributed by atoms with Gasteiger partial charge >= 0.3 is 0 Å². The van der Waals surface area contributed by atoms with E-state index in [1.165, 1.54) is 39.8 Å². The van der Waals surface area contributed by atoms with Gasteiger partial charge in [-0.2, -0.15) is 0 Å². The minimum absolute atomic E-state index is 0.113. The average Bonchev–Trinajstić information content (AvgIpc) is 3.12. The molecule has 8 nitrogen and oxygen atoms in total. The second kappa shape index (κ2) is 6.95. The van der Waals surface area contributed by atoms with Gasteiger partial charge in [-0.15, -0.1) is 0 Å². The standard InChI is InChI=1S/C28H32O8/c1-7-9-11-13-15(29)17-19-23(3)22(32)18(16(30)14-12-10-8-2)20-24(4,21(17)31)28(34)25(19,5)35-27(23,33)26(20,6)36-28/h7-14,19-20,29-30,33-34H,1-6H3/b9-7+,10-8+,13-11+,14-12+,17-15-,18-16-/t19-,20?,23-,24-,25+,26+,27-,28-/m1/s1. The lowest BCUT2D eigenvalue weighted by Crippen LogP contribution is -2.74. The Kier molecular flexibility index (Phi) is 4.81. The van der Waals surface area contributed by atoms with Gasteiger partial charge in [-0.25, -0.2) is 0 Å². The van der Waals surface area contributed by atoms with E-state index in [9.17, 15) is 30.0 Å². The van der Waals surface area contributed by atoms with E-state index in [0.717, 1.165) is 0 Å². The van der Waals surface area contributed by atoms with Crippen LogP contribution >= 0.6 is 0 Å². The average molecular weight is 497 g/mol. The Morgan fingerprint density at radius 1 is 0.694 bits per heavy atom. The summed E-state index contributed by atoms with van der Waals surface area (Å²) in [6, 6.07) is 0. The van der Waals surface area contributed by atoms with Crippen molar-refractivity contribution in [3.05, 3.63) is 71.3 Å². The first-order valence-electron chi connectivity index (χ1n) is 12.1. The van der Waals surface area contributed by atoms with Crippen LogP contribution in [0, 0.1) is 22.7 Å². The summed E-state index contributed by atoms with van der Waals surface area (Å²) in [5, 5.41) is 46.6. The van der Waals surface area contributed by atoms with Gasteiger partial charge in [0.1, 0.15) is 22.7 Å². The number of hydrogen-bond acceptors (Lipinski definition) is 8. The van der Waals surface area contributed by atoms with E-state index in [-0.39, 0.29) is 22.7 Å². The molecule has 2 heterocycles. The zero-order chi connectivity index (χ0) is 26.7. The molecule has 5 rings (SSSR count). The topological polar surface area (TPSA) is 134 Å². The third-order valence-corrected chi connectivity index (χ3v) is 9.41. The molecule has 8 atom stereocenters. The maximum absolute atomic E-state index is 14.3. The summed E-state index contributed by atoms with van der Waals surface area (Å²) in [7, 11) is 0. The van der Waals surface area contributed by atoms with Gasteiger partial charge in [-0.1, -0.05) is 36.5 Å². The summed E-state index contributed by atoms with van der Waals surface area (Å²) in [6.45, 7) is 9.48. The quantitative estimate of drug-likeness (QED) is 0.265. The highest BCUT2D eigenvalue weighted by atomic mass is 16.8. The second-order valence-electron chi connectivity index (χ2n) is 11.0. The highest BCUT2D eigenvalue weighted by Crippen LogP contribution is 2.83. The van der Waals surface area contributed by atoms with Crippen LogP contribution in [-0.2, 0) is 19.1 Å². The van der Waals surface area contributed by atoms with Crippen molar-refractivity contribution in [3.63, 3.8) is 0 Å². The molecule has 0 amide bonds. The zero-order valence-electron chi connectivity index (χ0n) is 21.2. The maximum Gasteiger partial charge on any atom is 0.210 e. The van der Waals surface area contributed by atoms with Crippen LogP contribution in [0.4, 0.5) is 0 Å². The van der Waals surface area contributed by atoms with Gasteiger partial charge < -0.3 is 29.9 Å². The SMILES string of the molecule is C/C=C/C=C/C(O)=C1/C(=O)[C@@]2(C)[C@H]3\C(=C(O)/C=C/C=C/C)C(=O)[C@@]4(C)C1[C@]1(C)O[C@@]4(O)[C@@]3(C)O[C@@]12O. The number of ether oxygens (including phenoxy) is 2. The van der Waals surface area contributed by atoms with Crippen molar-refractivity contribution in [1.82, 2.24) is 0 Å². The van der Waals surface area contributed by atoms with Crippen molar-refractivity contribution in [2.24, 2.45) is 22.7 Å². The van der Waals surface area contributed by atoms with E-state index >= 15 is 0 Å². The maximum atomic E-state index is 14.3. The number of hydrogen-bond donors (Lipinski definition) is 4. The molecule has 0 spiro atoms. The van der Waals surface area contributed by atoms with Crippen LogP contribution in [0.1, 0.15) is 41.5 Å². The summed E-state index contributed by atoms with van der Waals surface area (Å²) in [4.78, 5) is 28.7. The molecule has 0 radical (unpaired) electrons. The molecule has 5 aliphatic rings. The minimum atomic E-state index is -2.26. The van der Waals surface area contributed by atoms with Crippen molar-refractivity contribution < 1.29 is 39.5 Å². The van der Waals surface area contributed by atoms with Crippen molar-refractivity contribution >= 4 is 11.6 Å². The monoisotopic (exact) mass is 496 g/mol. The Labute approximate surface area is 209 Å². The van der Waals surface area contributed by atoms with E-state index in [1.807, 2.05) is 0 Å². The van der Waals surface area contributed by atoms with Crippen LogP contribution in [-0.4, -0.2) is 54.8 Å². The Balaban J connectivity index is 1.93. The Bertz CT molecular complexity index is 1190. The highest BCUT2D eigenvalue weighted by Gasteiger charge is 2.99. The minimum Gasteiger partial charge on any atom is -0.508 e. The van der Waals surface area contributed by atoms with E-state index in [0.29, 0.717) is 0 Å². The molecule has 8 bridgehead atoms. The predicted octanol–water partition coefficient (Wildman–Crippen LogP) is 3.25. The van der Waals surface area contributed by atoms with Crippen LogP contribution < -0.4 is 0 Å². The first-order chi connectivity index (χ1) is 16.7. The second-order valence-corrected chi connectivity index (χ2v) is 11.0. The van der Waals surface area contributed by atoms with Gasteiger partial charge in [0, 0.05) is 23.0 Å². The Morgan fingerprint density at radius 2 is 1.03 bits per heavy atom. The fraction of sp³-hybridized carbons (Fsp3) is 0.500. The molecule has 4 N–H and O–H groups in total. The Morgan fingerprint density at radius 3 is 1.33 bits per heavy atom. The lowest BCUT2D eigenvalue weighted by atomic mass is 9.39. The van der Waals surface area contributed by atoms with E-state index in [2.05, 4.69) is 0 Å². The summed E-state index contributed by atoms with van der Waals surface area (Å²) in [5.74, 6) is -9.12. The van der Waals surface area contributed by atoms with Gasteiger partial charge in [0.05, 0.1) is 10.8 Å². The van der Waals surface area contributed by atoms with Crippen molar-refractivity contribution in [2.45, 2.75) is 64.3 Å². The lowest BCUT2D eigenvalue weighted by Gasteiger charge is -2.58. The smallest absolute Gasteiger partial charge is 0.210 e. The van der Waals surface area contributed by atoms with Crippen LogP contribution in [0.15, 0.2) is 71.3 Å². The van der Waals surface area contributed by atoms with E-state index < -0.39 is 57.0 Å². The number of ketones is 2. The summed E-state index contributed by atoms with van der Waals surface area (Å²) in [6.07, 6.45) is 12.6. The van der Waals surface area contributed by atoms with Crippen molar-refractivity contribution in [2.75, 3.05) is 0 Å². The van der Waals surface area contributed by atoms with Crippen LogP contribution in [0.2, 0.25) is 0 Å². The molecule has 2 aliphatic heterocycles. The molecule has 0 aromatic rings. The summed E-state index contributed by atoms with van der Waals surface area (Å²) < 4.78 is 12.5. The lowest BCUT2D eigenvalue weighted by molar-refractivity contribution is -0.450. The molecular formula is C28H32O8. The molecule has 0 aromatic carbocycles. The molecular weight excluding hydrogens is 464 g/mol. The first kappa shape index (κ1) is 24.9.